The van der Waals surface area contributed by atoms with E-state index in [9.17, 15) is 5.53 Å². The summed E-state index contributed by atoms with van der Waals surface area (Å²) in [4.78, 5) is 0. The third-order valence-electron chi connectivity index (χ3n) is 21.4. The van der Waals surface area contributed by atoms with Crippen molar-refractivity contribution in [1.29, 1.82) is 0 Å². The van der Waals surface area contributed by atoms with E-state index in [1.807, 2.05) is 0 Å². The molecular weight excluding hydrogens is 1250 g/mol. The molecule has 2 aromatic carbocycles. The van der Waals surface area contributed by atoms with E-state index in [-0.39, 0.29) is 16.5 Å². The average molecular weight is 1420 g/mol. The first kappa shape index (κ1) is 97.1. The molecule has 3 heteroatoms. The summed E-state index contributed by atoms with van der Waals surface area (Å²) in [5.74, 6) is 4.97. The van der Waals surface area contributed by atoms with Gasteiger partial charge >= 0.3 is 16.5 Å². The Balaban J connectivity index is 0.00000149. The Kier molecular flexibility index (Phi) is 73.6. The summed E-state index contributed by atoms with van der Waals surface area (Å²) < 4.78 is 1.59. The molecule has 2 aromatic rings. The minimum Gasteiger partial charge on any atom is -0.694 e. The number of aryl methyl sites for hydroxylation is 4. The van der Waals surface area contributed by atoms with Gasteiger partial charge in [0.15, 0.2) is 0 Å². The summed E-state index contributed by atoms with van der Waals surface area (Å²) in [6.07, 6.45) is 108. The summed E-state index contributed by atoms with van der Waals surface area (Å²) >= 11 is 0. The number of hydrogen-bond acceptors (Lipinski definition) is 0. The smallest absolute Gasteiger partial charge is 0.694 e. The van der Waals surface area contributed by atoms with Gasteiger partial charge in [0.2, 0.25) is 11.4 Å². The predicted molar refractivity (Wildman–Crippen MR) is 445 cm³/mol. The van der Waals surface area contributed by atoms with Crippen LogP contribution in [0.3, 0.4) is 0 Å². The number of hydrogen-bond donors (Lipinski definition) is 0. The molecule has 0 radical (unpaired) electrons. The Morgan fingerprint density at radius 3 is 0.690 bits per heavy atom. The molecule has 0 unspecified atom stereocenters. The van der Waals surface area contributed by atoms with Crippen LogP contribution in [0.2, 0.25) is 0 Å². The van der Waals surface area contributed by atoms with E-state index >= 15 is 0 Å². The van der Waals surface area contributed by atoms with Crippen molar-refractivity contribution in [2.75, 3.05) is 0 Å². The summed E-state index contributed by atoms with van der Waals surface area (Å²) in [5.41, 5.74) is 24.6. The third kappa shape index (κ3) is 56.5. The maximum absolute atomic E-state index is 12.1. The van der Waals surface area contributed by atoms with Crippen LogP contribution < -0.4 is 0 Å². The monoisotopic (exact) mass is 1420 g/mol. The van der Waals surface area contributed by atoms with Gasteiger partial charge in [-0.1, -0.05) is 431 Å². The molecule has 0 aromatic heterocycles. The van der Waals surface area contributed by atoms with Gasteiger partial charge in [-0.2, -0.15) is 0 Å². The second-order valence-corrected chi connectivity index (χ2v) is 31.4. The van der Waals surface area contributed by atoms with Gasteiger partial charge in [0, 0.05) is 22.3 Å². The fraction of sp³-hybridized carbons (Fsp3) is 0.794. The van der Waals surface area contributed by atoms with Crippen LogP contribution in [0, 0.1) is 38.5 Å². The molecule has 1 heterocycles. The van der Waals surface area contributed by atoms with E-state index < -0.39 is 0 Å². The van der Waals surface area contributed by atoms with Crippen LogP contribution in [0.15, 0.2) is 47.5 Å². The van der Waals surface area contributed by atoms with Crippen molar-refractivity contribution in [2.24, 2.45) is 0 Å². The zero-order chi connectivity index (χ0) is 71.8. The van der Waals surface area contributed by atoms with Crippen molar-refractivity contribution < 1.29 is 21.2 Å². The Bertz CT molecular complexity index is 2150. The number of unbranched alkanes of at least 4 members (excludes halogenated alkanes) is 59. The summed E-state index contributed by atoms with van der Waals surface area (Å²) in [5, 5.41) is 0. The maximum atomic E-state index is 12.1. The molecule has 3 rings (SSSR count). The van der Waals surface area contributed by atoms with Crippen molar-refractivity contribution in [2.45, 2.75) is 498 Å². The second-order valence-electron chi connectivity index (χ2n) is 31.4. The molecular formula is C97H168N2Ni. The third-order valence-corrected chi connectivity index (χ3v) is 21.4. The predicted octanol–water partition coefficient (Wildman–Crippen LogP) is 34.0. The van der Waals surface area contributed by atoms with Crippen molar-refractivity contribution in [3.05, 3.63) is 99.3 Å². The van der Waals surface area contributed by atoms with E-state index in [2.05, 4.69) is 104 Å². The normalized spacial score (nSPS) is 12.0. The van der Waals surface area contributed by atoms with E-state index in [1.54, 1.807) is 4.70 Å². The first-order valence-electron chi connectivity index (χ1n) is 44.7. The summed E-state index contributed by atoms with van der Waals surface area (Å²) in [7, 11) is 0. The van der Waals surface area contributed by atoms with Crippen LogP contribution in [-0.4, -0.2) is 4.70 Å². The minimum atomic E-state index is 0. The zero-order valence-electron chi connectivity index (χ0n) is 68.5. The molecule has 576 valence electrons. The van der Waals surface area contributed by atoms with Gasteiger partial charge in [0.1, 0.15) is 0 Å². The first-order valence-corrected chi connectivity index (χ1v) is 44.7. The molecule has 2 nitrogen and oxygen atoms in total. The van der Waals surface area contributed by atoms with Gasteiger partial charge in [-0.15, -0.1) is 0 Å². The van der Waals surface area contributed by atoms with Crippen LogP contribution in [0.25, 0.3) is 16.9 Å². The quantitative estimate of drug-likeness (QED) is 0.0207. The minimum absolute atomic E-state index is 0. The molecule has 100 heavy (non-hydrogen) atoms. The van der Waals surface area contributed by atoms with Gasteiger partial charge in [0.05, 0.1) is 0 Å². The van der Waals surface area contributed by atoms with E-state index in [0.29, 0.717) is 0 Å². The Labute approximate surface area is 638 Å². The van der Waals surface area contributed by atoms with Crippen LogP contribution in [0.5, 0.6) is 0 Å². The molecule has 0 bridgehead atoms. The van der Waals surface area contributed by atoms with Gasteiger partial charge in [-0.25, -0.2) is 4.70 Å². The Morgan fingerprint density at radius 1 is 0.250 bits per heavy atom. The molecule has 0 atom stereocenters. The zero-order valence-corrected chi connectivity index (χ0v) is 69.5. The fourth-order valence-electron chi connectivity index (χ4n) is 15.2. The molecule has 0 saturated carbocycles. The van der Waals surface area contributed by atoms with Crippen molar-refractivity contribution >= 4 is 11.4 Å². The van der Waals surface area contributed by atoms with Crippen molar-refractivity contribution in [3.8, 4) is 11.8 Å². The number of rotatable bonds is 69. The van der Waals surface area contributed by atoms with Gasteiger partial charge < -0.3 is 30.2 Å². The fourth-order valence-corrected chi connectivity index (χ4v) is 15.2. The second kappa shape index (κ2) is 75.8. The molecule has 0 saturated heterocycles. The molecule has 1 aliphatic heterocycles. The van der Waals surface area contributed by atoms with Gasteiger partial charge in [0.25, 0.3) is 0 Å². The average Bonchev–Trinajstić information content (AvgIpc) is 1.60. The van der Waals surface area contributed by atoms with Crippen LogP contribution >= 0.6 is 0 Å². The number of nitrogens with zero attached hydrogens (tertiary/aromatic N) is 2. The number of allylic oxidation sites excluding steroid dienone is 2. The maximum Gasteiger partial charge on any atom is 2.00 e. The SMILES string of the molecule is CCCCCCC1=C(c2cc(C)cc(C)c2)[N+](=[N-])C(c2cc(CCCC)cc(CCCC)c2)=C1CCCCC.[C-]#CCCCCCCCCCCCCCCCCCCCCCCCCCCCC.[C-]#CCCCCCCCCCCCCCCCCCCCCCCCCCCCC.[Ni+2]. The molecule has 0 aliphatic carbocycles. The van der Waals surface area contributed by atoms with Crippen molar-refractivity contribution in [1.82, 2.24) is 0 Å². The van der Waals surface area contributed by atoms with E-state index in [1.165, 1.54) is 443 Å². The van der Waals surface area contributed by atoms with Gasteiger partial charge in [-0.05, 0) is 126 Å². The molecule has 0 spiro atoms. The molecule has 0 fully saturated rings. The molecule has 1 aliphatic rings. The van der Waals surface area contributed by atoms with Gasteiger partial charge in [-0.3, -0.25) is 0 Å². The molecule has 0 N–H and O–H groups in total. The topological polar surface area (TPSA) is 25.3 Å². The van der Waals surface area contributed by atoms with Crippen molar-refractivity contribution in [3.63, 3.8) is 0 Å². The van der Waals surface area contributed by atoms with E-state index in [4.69, 9.17) is 12.8 Å². The Morgan fingerprint density at radius 2 is 0.450 bits per heavy atom. The van der Waals surface area contributed by atoms with Crippen LogP contribution in [0.1, 0.15) is 505 Å². The molecule has 0 amide bonds. The van der Waals surface area contributed by atoms with Crippen LogP contribution in [0.4, 0.5) is 0 Å². The summed E-state index contributed by atoms with van der Waals surface area (Å²) in [6.45, 7) is 18.0. The first-order chi connectivity index (χ1) is 48.8. The van der Waals surface area contributed by atoms with E-state index in [0.717, 1.165) is 55.5 Å². The standard InChI is InChI=1S/C37H54N2.2C30H57.Ni/c1-7-11-15-17-21-35-34(20-16-12-8-2)37(39(38)36(35)32-23-28(5)22-29(6)24-32)33-26-30(18-13-9-3)25-31(27-33)19-14-10-4;2*1-3-5-7-9-11-13-15-17-19-21-23-25-27-29-30-28-26-24-22-20-18-16-14-12-10-8-6-4-2;/h22-27H,7-21H2,1-6H3;2*3,5-30H2,1H3;/q;2*-1;+2. The van der Waals surface area contributed by atoms with Crippen LogP contribution in [-0.2, 0) is 29.3 Å². The Hall–Kier alpha value is -2.87. The largest absolute Gasteiger partial charge is 2.00 e. The summed E-state index contributed by atoms with van der Waals surface area (Å²) in [6, 6.07) is 13.9. The number of benzene rings is 2.